The molecule has 2 aliphatic heterocycles. The zero-order valence-corrected chi connectivity index (χ0v) is 16.4. The minimum atomic E-state index is -0.171. The molecule has 8 heteroatoms. The summed E-state index contributed by atoms with van der Waals surface area (Å²) >= 11 is 0. The van der Waals surface area contributed by atoms with Crippen LogP contribution in [0.15, 0.2) is 18.2 Å². The van der Waals surface area contributed by atoms with Crippen molar-refractivity contribution in [1.29, 1.82) is 0 Å². The molecule has 3 aliphatic rings. The molecular formula is C21H24N4O4. The van der Waals surface area contributed by atoms with Crippen molar-refractivity contribution < 1.29 is 19.1 Å². The van der Waals surface area contributed by atoms with Crippen molar-refractivity contribution in [3.63, 3.8) is 0 Å². The number of nitrogens with one attached hydrogen (secondary N) is 1. The van der Waals surface area contributed by atoms with Crippen molar-refractivity contribution >= 4 is 11.8 Å². The van der Waals surface area contributed by atoms with Crippen LogP contribution < -0.4 is 14.8 Å². The molecule has 1 aromatic heterocycles. The van der Waals surface area contributed by atoms with Crippen LogP contribution in [0.2, 0.25) is 0 Å². The van der Waals surface area contributed by atoms with E-state index in [9.17, 15) is 9.59 Å². The average molecular weight is 396 g/mol. The van der Waals surface area contributed by atoms with Crippen LogP contribution in [0.1, 0.15) is 51.9 Å². The summed E-state index contributed by atoms with van der Waals surface area (Å²) in [6.07, 6.45) is 3.14. The molecule has 0 radical (unpaired) electrons. The van der Waals surface area contributed by atoms with E-state index in [0.29, 0.717) is 54.7 Å². The normalized spacial score (nSPS) is 17.2. The Morgan fingerprint density at radius 2 is 2.07 bits per heavy atom. The molecule has 29 heavy (non-hydrogen) atoms. The summed E-state index contributed by atoms with van der Waals surface area (Å²) in [6.45, 7) is 4.46. The number of rotatable bonds is 5. The van der Waals surface area contributed by atoms with Gasteiger partial charge in [0.2, 0.25) is 6.79 Å². The van der Waals surface area contributed by atoms with E-state index in [1.807, 2.05) is 11.6 Å². The Morgan fingerprint density at radius 1 is 1.24 bits per heavy atom. The summed E-state index contributed by atoms with van der Waals surface area (Å²) < 4.78 is 12.7. The Labute approximate surface area is 168 Å². The van der Waals surface area contributed by atoms with Gasteiger partial charge in [0.1, 0.15) is 0 Å². The lowest BCUT2D eigenvalue weighted by atomic mass is 10.0. The largest absolute Gasteiger partial charge is 0.454 e. The van der Waals surface area contributed by atoms with Crippen molar-refractivity contribution in [2.24, 2.45) is 5.92 Å². The molecule has 1 aliphatic carbocycles. The van der Waals surface area contributed by atoms with Gasteiger partial charge in [-0.2, -0.15) is 5.10 Å². The summed E-state index contributed by atoms with van der Waals surface area (Å²) in [5.74, 6) is 1.66. The highest BCUT2D eigenvalue weighted by Crippen LogP contribution is 2.34. The van der Waals surface area contributed by atoms with Crippen LogP contribution in [0.5, 0.6) is 11.5 Å². The van der Waals surface area contributed by atoms with Crippen molar-refractivity contribution in [2.75, 3.05) is 19.9 Å². The molecule has 152 valence electrons. The van der Waals surface area contributed by atoms with Gasteiger partial charge in [0.25, 0.3) is 11.8 Å². The van der Waals surface area contributed by atoms with Crippen molar-refractivity contribution in [2.45, 2.75) is 39.3 Å². The predicted octanol–water partition coefficient (Wildman–Crippen LogP) is 1.97. The van der Waals surface area contributed by atoms with Gasteiger partial charge < -0.3 is 19.7 Å². The molecule has 2 amide bonds. The second-order valence-corrected chi connectivity index (χ2v) is 7.80. The van der Waals surface area contributed by atoms with Crippen molar-refractivity contribution in [3.8, 4) is 11.5 Å². The molecule has 0 unspecified atom stereocenters. The van der Waals surface area contributed by atoms with Crippen LogP contribution in [0.4, 0.5) is 0 Å². The minimum absolute atomic E-state index is 0.0780. The van der Waals surface area contributed by atoms with Gasteiger partial charge >= 0.3 is 0 Å². The van der Waals surface area contributed by atoms with Gasteiger partial charge in [0.15, 0.2) is 17.2 Å². The monoisotopic (exact) mass is 396 g/mol. The van der Waals surface area contributed by atoms with Crippen LogP contribution in [0, 0.1) is 5.92 Å². The summed E-state index contributed by atoms with van der Waals surface area (Å²) in [4.78, 5) is 27.5. The van der Waals surface area contributed by atoms with E-state index in [0.717, 1.165) is 17.8 Å². The molecule has 5 rings (SSSR count). The number of fused-ring (bicyclic) bond motifs is 2. The van der Waals surface area contributed by atoms with Crippen LogP contribution in [-0.4, -0.2) is 46.4 Å². The quantitative estimate of drug-likeness (QED) is 0.835. The van der Waals surface area contributed by atoms with E-state index in [1.165, 1.54) is 12.8 Å². The smallest absolute Gasteiger partial charge is 0.272 e. The third-order valence-corrected chi connectivity index (χ3v) is 5.72. The SMILES string of the molecule is CCNC(=O)c1nn(CC2CC2)c2c1CN(C(=O)c1ccc3c(c1)OCO3)CC2. The number of carbonyl (C=O) groups is 2. The van der Waals surface area contributed by atoms with Gasteiger partial charge in [-0.05, 0) is 43.9 Å². The predicted molar refractivity (Wildman–Crippen MR) is 104 cm³/mol. The van der Waals surface area contributed by atoms with Gasteiger partial charge in [-0.3, -0.25) is 14.3 Å². The van der Waals surface area contributed by atoms with Gasteiger partial charge in [-0.15, -0.1) is 0 Å². The molecule has 8 nitrogen and oxygen atoms in total. The molecule has 1 saturated carbocycles. The third kappa shape index (κ3) is 3.32. The maximum Gasteiger partial charge on any atom is 0.272 e. The number of hydrogen-bond donors (Lipinski definition) is 1. The first-order valence-corrected chi connectivity index (χ1v) is 10.2. The zero-order valence-electron chi connectivity index (χ0n) is 16.4. The maximum absolute atomic E-state index is 13.1. The van der Waals surface area contributed by atoms with E-state index in [4.69, 9.17) is 9.47 Å². The van der Waals surface area contributed by atoms with Gasteiger partial charge in [-0.25, -0.2) is 0 Å². The van der Waals surface area contributed by atoms with E-state index in [-0.39, 0.29) is 18.6 Å². The topological polar surface area (TPSA) is 85.7 Å². The number of nitrogens with zero attached hydrogens (tertiary/aromatic N) is 3. The maximum atomic E-state index is 13.1. The van der Waals surface area contributed by atoms with E-state index in [1.54, 1.807) is 23.1 Å². The minimum Gasteiger partial charge on any atom is -0.454 e. The van der Waals surface area contributed by atoms with Gasteiger partial charge in [0.05, 0.1) is 6.54 Å². The summed E-state index contributed by atoms with van der Waals surface area (Å²) in [7, 11) is 0. The highest BCUT2D eigenvalue weighted by molar-refractivity contribution is 5.96. The molecular weight excluding hydrogens is 372 g/mol. The van der Waals surface area contributed by atoms with Crippen LogP contribution >= 0.6 is 0 Å². The molecule has 0 saturated heterocycles. The fourth-order valence-corrected chi connectivity index (χ4v) is 4.00. The number of amides is 2. The fraction of sp³-hybridized carbons (Fsp3) is 0.476. The lowest BCUT2D eigenvalue weighted by Crippen LogP contribution is -2.37. The number of aromatic nitrogens is 2. The molecule has 0 bridgehead atoms. The highest BCUT2D eigenvalue weighted by atomic mass is 16.7. The zero-order chi connectivity index (χ0) is 20.0. The lowest BCUT2D eigenvalue weighted by Gasteiger charge is -2.28. The number of hydrogen-bond acceptors (Lipinski definition) is 5. The Balaban J connectivity index is 1.42. The number of ether oxygens (including phenoxy) is 2. The summed E-state index contributed by atoms with van der Waals surface area (Å²) in [6, 6.07) is 5.24. The average Bonchev–Trinajstić information content (AvgIpc) is 3.30. The van der Waals surface area contributed by atoms with Gasteiger partial charge in [0, 0.05) is 42.9 Å². The van der Waals surface area contributed by atoms with E-state index in [2.05, 4.69) is 10.4 Å². The second kappa shape index (κ2) is 7.09. The molecule has 1 N–H and O–H groups in total. The Hall–Kier alpha value is -3.03. The standard InChI is InChI=1S/C21H24N4O4/c1-2-22-20(26)19-15-11-24(8-7-16(15)25(23-19)10-13-3-4-13)21(27)14-5-6-17-18(9-14)29-12-28-17/h5-6,9,13H,2-4,7-8,10-12H2,1H3,(H,22,26). The highest BCUT2D eigenvalue weighted by Gasteiger charge is 2.32. The molecule has 1 fully saturated rings. The van der Waals surface area contributed by atoms with E-state index < -0.39 is 0 Å². The second-order valence-electron chi connectivity index (χ2n) is 7.80. The van der Waals surface area contributed by atoms with E-state index >= 15 is 0 Å². The first-order valence-electron chi connectivity index (χ1n) is 10.2. The van der Waals surface area contributed by atoms with Gasteiger partial charge in [-0.1, -0.05) is 0 Å². The van der Waals surface area contributed by atoms with Crippen LogP contribution in [0.3, 0.4) is 0 Å². The lowest BCUT2D eigenvalue weighted by molar-refractivity contribution is 0.0730. The molecule has 3 heterocycles. The molecule has 1 aromatic carbocycles. The molecule has 0 spiro atoms. The van der Waals surface area contributed by atoms with Crippen molar-refractivity contribution in [3.05, 3.63) is 40.7 Å². The fourth-order valence-electron chi connectivity index (χ4n) is 4.00. The number of carbonyl (C=O) groups excluding carboxylic acids is 2. The molecule has 2 aromatic rings. The Morgan fingerprint density at radius 3 is 2.86 bits per heavy atom. The Kier molecular flexibility index (Phi) is 4.41. The molecule has 0 atom stereocenters. The summed E-state index contributed by atoms with van der Waals surface area (Å²) in [5, 5.41) is 7.48. The van der Waals surface area contributed by atoms with Crippen LogP contribution in [0.25, 0.3) is 0 Å². The van der Waals surface area contributed by atoms with Crippen molar-refractivity contribution in [1.82, 2.24) is 20.0 Å². The first kappa shape index (κ1) is 18.0. The third-order valence-electron chi connectivity index (χ3n) is 5.72. The Bertz CT molecular complexity index is 979. The van der Waals surface area contributed by atoms with Crippen LogP contribution in [-0.2, 0) is 19.5 Å². The summed E-state index contributed by atoms with van der Waals surface area (Å²) in [5.41, 5.74) is 2.97. The number of benzene rings is 1. The first-order chi connectivity index (χ1) is 14.1.